The van der Waals surface area contributed by atoms with E-state index in [1.54, 1.807) is 12.0 Å². The van der Waals surface area contributed by atoms with Crippen LogP contribution in [-0.4, -0.2) is 48.2 Å². The highest BCUT2D eigenvalue weighted by Crippen LogP contribution is 2.60. The van der Waals surface area contributed by atoms with Crippen molar-refractivity contribution in [1.29, 1.82) is 0 Å². The summed E-state index contributed by atoms with van der Waals surface area (Å²) in [6, 6.07) is 34.0. The number of carbonyl (C=O) groups is 2. The summed E-state index contributed by atoms with van der Waals surface area (Å²) in [5.41, 5.74) is 3.02. The lowest BCUT2D eigenvalue weighted by Crippen LogP contribution is -2.45. The molecule has 0 unspecified atom stereocenters. The van der Waals surface area contributed by atoms with E-state index in [1.807, 2.05) is 89.8 Å². The number of anilines is 1. The molecule has 1 spiro atoms. The molecule has 4 aromatic rings. The molecule has 2 heterocycles. The summed E-state index contributed by atoms with van der Waals surface area (Å²) < 4.78 is 13.6. The van der Waals surface area contributed by atoms with Gasteiger partial charge in [0.1, 0.15) is 5.75 Å². The van der Waals surface area contributed by atoms with Gasteiger partial charge in [0.15, 0.2) is 5.60 Å². The fourth-order valence-corrected chi connectivity index (χ4v) is 8.42. The predicted molar refractivity (Wildman–Crippen MR) is 196 cm³/mol. The third kappa shape index (κ3) is 6.26. The normalized spacial score (nSPS) is 21.8. The average molecular weight is 759 g/mol. The van der Waals surface area contributed by atoms with Crippen molar-refractivity contribution >= 4 is 40.1 Å². The zero-order valence-corrected chi connectivity index (χ0v) is 30.1. The van der Waals surface area contributed by atoms with Crippen molar-refractivity contribution in [2.24, 2.45) is 11.8 Å². The second-order valence-electron chi connectivity index (χ2n) is 13.4. The van der Waals surface area contributed by atoms with Gasteiger partial charge in [0.25, 0.3) is 5.91 Å². The zero-order chi connectivity index (χ0) is 34.1. The number of rotatable bonds is 11. The highest BCUT2D eigenvalue weighted by atomic mass is 127. The fourth-order valence-electron chi connectivity index (χ4n) is 7.93. The van der Waals surface area contributed by atoms with Gasteiger partial charge in [-0.3, -0.25) is 9.59 Å². The number of fused-ring (bicyclic) bond motifs is 2. The first-order valence-corrected chi connectivity index (χ1v) is 17.6. The Morgan fingerprint density at radius 1 is 0.979 bits per heavy atom. The molecule has 1 fully saturated rings. The smallest absolute Gasteiger partial charge is 0.264 e. The highest BCUT2D eigenvalue weighted by Gasteiger charge is 2.66. The van der Waals surface area contributed by atoms with E-state index in [4.69, 9.17) is 9.47 Å². The van der Waals surface area contributed by atoms with Gasteiger partial charge in [-0.05, 0) is 75.0 Å². The van der Waals surface area contributed by atoms with Gasteiger partial charge in [-0.2, -0.15) is 0 Å². The first-order chi connectivity index (χ1) is 23.1. The Morgan fingerprint density at radius 3 is 2.25 bits per heavy atom. The number of carbonyl (C=O) groups excluding carboxylic acids is 2. The Morgan fingerprint density at radius 2 is 1.62 bits per heavy atom. The molecular formula is C40H43IN2O5. The standard InChI is InChI=1S/C40H43IN2O5/c1-27-37(39(2,3)30-15-18-32(47-4)19-16-30)35(24-36(45)42(21-22-44)25-28-11-7-5-8-12-28)48-40(27)33-23-31(41)17-20-34(33)43(38(40)46)26-29-13-9-6-10-14-29/h5-20,23,27,35,37,44H,21-22,24-26H2,1-4H3/t27-,35+,37-,40+/m1/s1. The molecule has 8 heteroatoms. The molecule has 0 bridgehead atoms. The molecule has 2 aliphatic rings. The van der Waals surface area contributed by atoms with Gasteiger partial charge >= 0.3 is 0 Å². The van der Waals surface area contributed by atoms with Crippen molar-refractivity contribution in [3.05, 3.63) is 129 Å². The quantitative estimate of drug-likeness (QED) is 0.166. The first-order valence-electron chi connectivity index (χ1n) is 16.5. The van der Waals surface area contributed by atoms with E-state index < -0.39 is 17.1 Å². The highest BCUT2D eigenvalue weighted by molar-refractivity contribution is 14.1. The van der Waals surface area contributed by atoms with E-state index in [2.05, 4.69) is 61.6 Å². The van der Waals surface area contributed by atoms with Crippen LogP contribution in [0.5, 0.6) is 5.75 Å². The number of nitrogens with zero attached hydrogens (tertiary/aromatic N) is 2. The zero-order valence-electron chi connectivity index (χ0n) is 27.9. The van der Waals surface area contributed by atoms with Crippen LogP contribution in [-0.2, 0) is 38.4 Å². The van der Waals surface area contributed by atoms with Gasteiger partial charge in [-0.1, -0.05) is 93.6 Å². The Hall–Kier alpha value is -3.73. The third-order valence-corrected chi connectivity index (χ3v) is 11.0. The molecule has 0 aliphatic carbocycles. The van der Waals surface area contributed by atoms with Crippen molar-refractivity contribution in [1.82, 2.24) is 4.90 Å². The number of hydrogen-bond donors (Lipinski definition) is 1. The minimum Gasteiger partial charge on any atom is -0.497 e. The van der Waals surface area contributed by atoms with Gasteiger partial charge in [-0.25, -0.2) is 0 Å². The molecule has 7 nitrogen and oxygen atoms in total. The van der Waals surface area contributed by atoms with Crippen LogP contribution in [0.3, 0.4) is 0 Å². The number of halogens is 1. The molecule has 0 aromatic heterocycles. The molecule has 4 aromatic carbocycles. The molecule has 1 N–H and O–H groups in total. The Bertz CT molecular complexity index is 1750. The summed E-state index contributed by atoms with van der Waals surface area (Å²) in [6.45, 7) is 7.34. The molecule has 48 heavy (non-hydrogen) atoms. The van der Waals surface area contributed by atoms with Crippen molar-refractivity contribution in [3.8, 4) is 5.75 Å². The summed E-state index contributed by atoms with van der Waals surface area (Å²) in [5, 5.41) is 9.94. The maximum atomic E-state index is 15.0. The van der Waals surface area contributed by atoms with E-state index in [0.717, 1.165) is 37.3 Å². The molecule has 2 aliphatic heterocycles. The van der Waals surface area contributed by atoms with E-state index in [1.165, 1.54) is 0 Å². The number of hydrogen-bond acceptors (Lipinski definition) is 5. The largest absolute Gasteiger partial charge is 0.497 e. The number of methoxy groups -OCH3 is 1. The summed E-state index contributed by atoms with van der Waals surface area (Å²) in [5.74, 6) is 0.0527. The van der Waals surface area contributed by atoms with Gasteiger partial charge in [0, 0.05) is 34.1 Å². The van der Waals surface area contributed by atoms with Gasteiger partial charge in [-0.15, -0.1) is 0 Å². The van der Waals surface area contributed by atoms with Gasteiger partial charge in [0.05, 0.1) is 38.5 Å². The molecule has 2 amide bonds. The second-order valence-corrected chi connectivity index (χ2v) is 14.7. The topological polar surface area (TPSA) is 79.3 Å². The fraction of sp³-hybridized carbons (Fsp3) is 0.350. The minimum absolute atomic E-state index is 0.0778. The van der Waals surface area contributed by atoms with Crippen LogP contribution >= 0.6 is 22.6 Å². The SMILES string of the molecule is COc1ccc(C(C)(C)[C@H]2[C@H](CC(=O)N(CCO)Cc3ccccc3)O[C@@]3(C(=O)N(Cc4ccccc4)c4ccc(I)cc43)[C@@H]2C)cc1. The lowest BCUT2D eigenvalue weighted by molar-refractivity contribution is -0.150. The first kappa shape index (κ1) is 34.1. The third-order valence-electron chi connectivity index (χ3n) is 10.3. The van der Waals surface area contributed by atoms with Gasteiger partial charge in [0.2, 0.25) is 5.91 Å². The molecule has 1 saturated heterocycles. The van der Waals surface area contributed by atoms with Crippen molar-refractivity contribution in [2.75, 3.05) is 25.2 Å². The van der Waals surface area contributed by atoms with Crippen LogP contribution in [0.25, 0.3) is 0 Å². The van der Waals surface area contributed by atoms with Crippen LogP contribution < -0.4 is 9.64 Å². The number of aliphatic hydroxyl groups excluding tert-OH is 1. The predicted octanol–water partition coefficient (Wildman–Crippen LogP) is 7.08. The molecule has 4 atom stereocenters. The van der Waals surface area contributed by atoms with Gasteiger partial charge < -0.3 is 24.4 Å². The van der Waals surface area contributed by atoms with E-state index >= 15 is 0 Å². The second kappa shape index (κ2) is 14.0. The molecular weight excluding hydrogens is 715 g/mol. The molecule has 0 radical (unpaired) electrons. The van der Waals surface area contributed by atoms with Crippen molar-refractivity contribution in [2.45, 2.75) is 57.4 Å². The van der Waals surface area contributed by atoms with E-state index in [-0.39, 0.29) is 43.2 Å². The molecule has 0 saturated carbocycles. The number of aliphatic hydroxyl groups is 1. The Kier molecular flexibility index (Phi) is 9.97. The van der Waals surface area contributed by atoms with Crippen LogP contribution in [0, 0.1) is 15.4 Å². The summed E-state index contributed by atoms with van der Waals surface area (Å²) in [7, 11) is 1.65. The van der Waals surface area contributed by atoms with E-state index in [0.29, 0.717) is 13.1 Å². The number of amides is 2. The Labute approximate surface area is 297 Å². The number of benzene rings is 4. The number of ether oxygens (including phenoxy) is 2. The van der Waals surface area contributed by atoms with E-state index in [9.17, 15) is 14.7 Å². The maximum absolute atomic E-state index is 15.0. The summed E-state index contributed by atoms with van der Waals surface area (Å²) >= 11 is 2.30. The van der Waals surface area contributed by atoms with Crippen LogP contribution in [0.4, 0.5) is 5.69 Å². The maximum Gasteiger partial charge on any atom is 0.264 e. The lowest BCUT2D eigenvalue weighted by atomic mass is 9.63. The Balaban J connectivity index is 1.43. The van der Waals surface area contributed by atoms with Crippen LogP contribution in [0.1, 0.15) is 49.4 Å². The van der Waals surface area contributed by atoms with Crippen molar-refractivity contribution in [3.63, 3.8) is 0 Å². The molecule has 6 rings (SSSR count). The monoisotopic (exact) mass is 758 g/mol. The summed E-state index contributed by atoms with van der Waals surface area (Å²) in [6.07, 6.45) is -0.498. The average Bonchev–Trinajstić information content (AvgIpc) is 3.51. The minimum atomic E-state index is -1.27. The lowest BCUT2D eigenvalue weighted by Gasteiger charge is -2.39. The van der Waals surface area contributed by atoms with Crippen LogP contribution in [0.2, 0.25) is 0 Å². The summed E-state index contributed by atoms with van der Waals surface area (Å²) in [4.78, 5) is 32.7. The van der Waals surface area contributed by atoms with Crippen molar-refractivity contribution < 1.29 is 24.2 Å². The molecule has 250 valence electrons. The van der Waals surface area contributed by atoms with Crippen LogP contribution in [0.15, 0.2) is 103 Å².